The Morgan fingerprint density at radius 2 is 2.14 bits per heavy atom. The highest BCUT2D eigenvalue weighted by molar-refractivity contribution is 9.13. The van der Waals surface area contributed by atoms with Crippen molar-refractivity contribution in [3.63, 3.8) is 0 Å². The van der Waals surface area contributed by atoms with Gasteiger partial charge in [0.15, 0.2) is 5.75 Å². The molecule has 1 N–H and O–H groups in total. The molecule has 0 aromatic carbocycles. The van der Waals surface area contributed by atoms with Crippen LogP contribution in [0, 0.1) is 0 Å². The second kappa shape index (κ2) is 7.26. The molecule has 0 saturated carbocycles. The fourth-order valence-corrected chi connectivity index (χ4v) is 4.41. The lowest BCUT2D eigenvalue weighted by atomic mass is 10.1. The van der Waals surface area contributed by atoms with Crippen LogP contribution >= 0.6 is 43.2 Å². The monoisotopic (exact) mass is 435 g/mol. The van der Waals surface area contributed by atoms with E-state index in [9.17, 15) is 0 Å². The van der Waals surface area contributed by atoms with Crippen LogP contribution in [-0.2, 0) is 0 Å². The third-order valence-corrected chi connectivity index (χ3v) is 6.46. The number of nitrogens with zero attached hydrogens (tertiary/aromatic N) is 2. The van der Waals surface area contributed by atoms with Gasteiger partial charge in [-0.25, -0.2) is 0 Å². The number of ether oxygens (including phenoxy) is 1. The molecule has 0 aliphatic heterocycles. The van der Waals surface area contributed by atoms with Crippen molar-refractivity contribution in [2.45, 2.75) is 32.9 Å². The zero-order chi connectivity index (χ0) is 15.6. The quantitative estimate of drug-likeness (QED) is 0.709. The molecule has 2 rings (SSSR count). The zero-order valence-corrected chi connectivity index (χ0v) is 16.5. The van der Waals surface area contributed by atoms with Gasteiger partial charge >= 0.3 is 0 Å². The molecule has 0 spiro atoms. The van der Waals surface area contributed by atoms with Gasteiger partial charge in [0.2, 0.25) is 0 Å². The third kappa shape index (κ3) is 3.52. The van der Waals surface area contributed by atoms with Gasteiger partial charge in [-0.2, -0.15) is 5.10 Å². The third-order valence-electron chi connectivity index (χ3n) is 3.14. The number of methoxy groups -OCH3 is 1. The predicted octanol–water partition coefficient (Wildman–Crippen LogP) is 4.76. The normalized spacial score (nSPS) is 12.9. The summed E-state index contributed by atoms with van der Waals surface area (Å²) in [4.78, 5) is 1.22. The van der Waals surface area contributed by atoms with Crippen LogP contribution in [0.15, 0.2) is 20.5 Å². The summed E-state index contributed by atoms with van der Waals surface area (Å²) in [7, 11) is 1.69. The minimum absolute atomic E-state index is 0.0578. The van der Waals surface area contributed by atoms with E-state index in [-0.39, 0.29) is 12.1 Å². The Kier molecular flexibility index (Phi) is 5.88. The first-order chi connectivity index (χ1) is 9.99. The van der Waals surface area contributed by atoms with Crippen LogP contribution in [0.3, 0.4) is 0 Å². The summed E-state index contributed by atoms with van der Waals surface area (Å²) in [5.41, 5.74) is 1.07. The molecule has 0 saturated heterocycles. The summed E-state index contributed by atoms with van der Waals surface area (Å²) in [6, 6.07) is 2.47. The van der Waals surface area contributed by atoms with Crippen molar-refractivity contribution in [3.05, 3.63) is 31.1 Å². The van der Waals surface area contributed by atoms with Gasteiger partial charge in [-0.1, -0.05) is 6.92 Å². The van der Waals surface area contributed by atoms with Crippen LogP contribution in [0.25, 0.3) is 0 Å². The van der Waals surface area contributed by atoms with Gasteiger partial charge in [0.25, 0.3) is 0 Å². The molecule has 4 nitrogen and oxygen atoms in total. The van der Waals surface area contributed by atoms with E-state index in [4.69, 9.17) is 4.74 Å². The van der Waals surface area contributed by atoms with Gasteiger partial charge in [0.05, 0.1) is 23.1 Å². The summed E-state index contributed by atoms with van der Waals surface area (Å²) in [6.07, 6.45) is 1.79. The number of nitrogens with one attached hydrogen (secondary N) is 1. The molecule has 2 aromatic heterocycles. The zero-order valence-electron chi connectivity index (χ0n) is 12.5. The van der Waals surface area contributed by atoms with Crippen molar-refractivity contribution in [2.24, 2.45) is 0 Å². The van der Waals surface area contributed by atoms with Crippen LogP contribution in [0.4, 0.5) is 0 Å². The van der Waals surface area contributed by atoms with E-state index in [1.165, 1.54) is 4.88 Å². The summed E-state index contributed by atoms with van der Waals surface area (Å²) in [5.74, 6) is 0.815. The average molecular weight is 437 g/mol. The van der Waals surface area contributed by atoms with Crippen LogP contribution in [0.5, 0.6) is 5.75 Å². The topological polar surface area (TPSA) is 39.1 Å². The van der Waals surface area contributed by atoms with Crippen LogP contribution in [0.1, 0.15) is 43.4 Å². The van der Waals surface area contributed by atoms with E-state index in [2.05, 4.69) is 69.1 Å². The summed E-state index contributed by atoms with van der Waals surface area (Å²) in [5, 5.41) is 8.02. The van der Waals surface area contributed by atoms with Crippen molar-refractivity contribution in [3.8, 4) is 5.75 Å². The van der Waals surface area contributed by atoms with Gasteiger partial charge in [-0.05, 0) is 58.3 Å². The van der Waals surface area contributed by atoms with Crippen molar-refractivity contribution in [1.29, 1.82) is 0 Å². The molecule has 0 fully saturated rings. The number of hydrogen-bond acceptors (Lipinski definition) is 4. The van der Waals surface area contributed by atoms with Gasteiger partial charge in [0, 0.05) is 15.4 Å². The lowest BCUT2D eigenvalue weighted by Gasteiger charge is -2.21. The fraction of sp³-hybridized carbons (Fsp3) is 0.500. The highest BCUT2D eigenvalue weighted by Gasteiger charge is 2.26. The van der Waals surface area contributed by atoms with E-state index < -0.39 is 0 Å². The fourth-order valence-electron chi connectivity index (χ4n) is 2.24. The summed E-state index contributed by atoms with van der Waals surface area (Å²) >= 11 is 8.85. The largest absolute Gasteiger partial charge is 0.493 e. The average Bonchev–Trinajstić information content (AvgIpc) is 3.00. The van der Waals surface area contributed by atoms with Gasteiger partial charge < -0.3 is 10.1 Å². The molecule has 2 heterocycles. The molecule has 0 bridgehead atoms. The molecular weight excluding hydrogens is 418 g/mol. The molecule has 0 aliphatic rings. The molecule has 0 aliphatic carbocycles. The Morgan fingerprint density at radius 1 is 1.43 bits per heavy atom. The molecule has 2 aromatic rings. The Morgan fingerprint density at radius 3 is 2.62 bits per heavy atom. The van der Waals surface area contributed by atoms with Gasteiger partial charge in [-0.3, -0.25) is 4.68 Å². The molecule has 1 atom stereocenters. The van der Waals surface area contributed by atoms with Crippen LogP contribution in [-0.4, -0.2) is 23.4 Å². The summed E-state index contributed by atoms with van der Waals surface area (Å²) < 4.78 is 9.70. The Balaban J connectivity index is 2.54. The van der Waals surface area contributed by atoms with E-state index >= 15 is 0 Å². The number of hydrogen-bond donors (Lipinski definition) is 1. The SMILES string of the molecule is CCNC(c1cc(Br)c(Br)s1)c1c(OC)cnn1C(C)C. The highest BCUT2D eigenvalue weighted by atomic mass is 79.9. The second-order valence-electron chi connectivity index (χ2n) is 4.90. The Bertz CT molecular complexity index is 590. The highest BCUT2D eigenvalue weighted by Crippen LogP contribution is 2.40. The van der Waals surface area contributed by atoms with E-state index in [0.29, 0.717) is 0 Å². The van der Waals surface area contributed by atoms with Crippen molar-refractivity contribution in [1.82, 2.24) is 15.1 Å². The maximum Gasteiger partial charge on any atom is 0.161 e. The Hall–Kier alpha value is -0.370. The van der Waals surface area contributed by atoms with E-state index in [0.717, 1.165) is 26.2 Å². The number of aromatic nitrogens is 2. The van der Waals surface area contributed by atoms with Crippen molar-refractivity contribution < 1.29 is 4.74 Å². The summed E-state index contributed by atoms with van der Waals surface area (Å²) in [6.45, 7) is 7.22. The second-order valence-corrected chi connectivity index (χ2v) is 8.15. The molecule has 1 unspecified atom stereocenters. The number of halogens is 2. The maximum absolute atomic E-state index is 5.52. The molecule has 7 heteroatoms. The first-order valence-electron chi connectivity index (χ1n) is 6.79. The van der Waals surface area contributed by atoms with Crippen molar-refractivity contribution >= 4 is 43.2 Å². The molecule has 116 valence electrons. The van der Waals surface area contributed by atoms with Crippen LogP contribution < -0.4 is 10.1 Å². The molecule has 21 heavy (non-hydrogen) atoms. The minimum atomic E-state index is 0.0578. The lowest BCUT2D eigenvalue weighted by molar-refractivity contribution is 0.395. The number of rotatable bonds is 6. The van der Waals surface area contributed by atoms with Gasteiger partial charge in [0.1, 0.15) is 5.69 Å². The number of thiophene rings is 1. The van der Waals surface area contributed by atoms with E-state index in [1.54, 1.807) is 24.6 Å². The first-order valence-corrected chi connectivity index (χ1v) is 9.19. The molecular formula is C14H19Br2N3OS. The lowest BCUT2D eigenvalue weighted by Crippen LogP contribution is -2.25. The van der Waals surface area contributed by atoms with Gasteiger partial charge in [-0.15, -0.1) is 11.3 Å². The standard InChI is InChI=1S/C14H19Br2N3OS/c1-5-17-12(11-6-9(15)14(16)21-11)13-10(20-4)7-18-19(13)8(2)3/h6-8,12,17H,5H2,1-4H3. The smallest absolute Gasteiger partial charge is 0.161 e. The molecule has 0 radical (unpaired) electrons. The molecule has 0 amide bonds. The maximum atomic E-state index is 5.52. The van der Waals surface area contributed by atoms with Crippen LogP contribution in [0.2, 0.25) is 0 Å². The van der Waals surface area contributed by atoms with Crippen molar-refractivity contribution in [2.75, 3.05) is 13.7 Å². The Labute approximate surface area is 146 Å². The minimum Gasteiger partial charge on any atom is -0.493 e. The predicted molar refractivity (Wildman–Crippen MR) is 94.4 cm³/mol. The van der Waals surface area contributed by atoms with E-state index in [1.807, 2.05) is 4.68 Å². The first kappa shape index (κ1) is 17.0.